The zero-order valence-electron chi connectivity index (χ0n) is 16.5. The molecule has 2 saturated heterocycles. The summed E-state index contributed by atoms with van der Waals surface area (Å²) in [7, 11) is 0. The number of carbonyl (C=O) groups is 2. The first-order chi connectivity index (χ1) is 14.6. The lowest BCUT2D eigenvalue weighted by Gasteiger charge is -2.32. The minimum atomic E-state index is -0.548. The van der Waals surface area contributed by atoms with E-state index >= 15 is 0 Å². The van der Waals surface area contributed by atoms with E-state index in [1.54, 1.807) is 12.1 Å². The highest BCUT2D eigenvalue weighted by Gasteiger charge is 2.47. The van der Waals surface area contributed by atoms with E-state index in [1.165, 1.54) is 22.6 Å². The number of piperazine rings is 1. The van der Waals surface area contributed by atoms with Gasteiger partial charge in [-0.25, -0.2) is 9.29 Å². The van der Waals surface area contributed by atoms with Crippen LogP contribution < -0.4 is 24.2 Å². The van der Waals surface area contributed by atoms with Crippen LogP contribution in [0, 0.1) is 5.82 Å². The second kappa shape index (κ2) is 7.70. The molecule has 7 nitrogen and oxygen atoms in total. The van der Waals surface area contributed by atoms with Crippen LogP contribution in [0.2, 0.25) is 0 Å². The number of ether oxygens (including phenoxy) is 2. The molecule has 1 atom stereocenters. The van der Waals surface area contributed by atoms with Crippen LogP contribution in [0.1, 0.15) is 12.0 Å². The van der Waals surface area contributed by atoms with Crippen molar-refractivity contribution in [3.8, 4) is 11.5 Å². The van der Waals surface area contributed by atoms with Crippen molar-refractivity contribution in [2.45, 2.75) is 19.0 Å². The number of nitrogens with one attached hydrogen (secondary N) is 2. The van der Waals surface area contributed by atoms with Gasteiger partial charge in [-0.1, -0.05) is 12.1 Å². The first-order valence-electron chi connectivity index (χ1n) is 10.3. The Kier molecular flexibility index (Phi) is 4.88. The molecule has 2 fully saturated rings. The molecule has 0 bridgehead atoms. The molecule has 2 N–H and O–H groups in total. The average Bonchev–Trinajstić information content (AvgIpc) is 3.33. The molecule has 0 radical (unpaired) electrons. The molecule has 0 aliphatic carbocycles. The maximum atomic E-state index is 14.1. The number of halogens is 1. The predicted octanol–water partition coefficient (Wildman–Crippen LogP) is -0.830. The van der Waals surface area contributed by atoms with E-state index in [-0.39, 0.29) is 30.7 Å². The average molecular weight is 413 g/mol. The van der Waals surface area contributed by atoms with Gasteiger partial charge in [-0.15, -0.1) is 0 Å². The van der Waals surface area contributed by atoms with Crippen molar-refractivity contribution >= 4 is 17.5 Å². The highest BCUT2D eigenvalue weighted by Crippen LogP contribution is 2.32. The molecule has 30 heavy (non-hydrogen) atoms. The smallest absolute Gasteiger partial charge is 0.292 e. The topological polar surface area (TPSA) is 64.7 Å². The highest BCUT2D eigenvalue weighted by atomic mass is 19.1. The highest BCUT2D eigenvalue weighted by molar-refractivity contribution is 6.21. The second-order valence-corrected chi connectivity index (χ2v) is 8.05. The Balaban J connectivity index is 1.21. The fourth-order valence-electron chi connectivity index (χ4n) is 4.63. The van der Waals surface area contributed by atoms with Crippen LogP contribution in [0.4, 0.5) is 10.1 Å². The fourth-order valence-corrected chi connectivity index (χ4v) is 4.63. The van der Waals surface area contributed by atoms with Crippen molar-refractivity contribution in [1.29, 1.82) is 0 Å². The van der Waals surface area contributed by atoms with Gasteiger partial charge in [-0.3, -0.25) is 9.59 Å². The monoisotopic (exact) mass is 413 g/mol. The van der Waals surface area contributed by atoms with Crippen LogP contribution in [0.25, 0.3) is 0 Å². The van der Waals surface area contributed by atoms with Gasteiger partial charge in [0.05, 0.1) is 12.1 Å². The number of nitrogens with zero attached hydrogens (tertiary/aromatic N) is 1. The molecule has 0 unspecified atom stereocenters. The molecule has 8 heteroatoms. The number of hydrogen-bond acceptors (Lipinski definition) is 4. The van der Waals surface area contributed by atoms with Crippen molar-refractivity contribution in [3.63, 3.8) is 0 Å². The van der Waals surface area contributed by atoms with Gasteiger partial charge in [0.2, 0.25) is 12.7 Å². The number of quaternary nitrogens is 2. The molecule has 3 heterocycles. The molecular weight excluding hydrogens is 389 g/mol. The summed E-state index contributed by atoms with van der Waals surface area (Å²) in [6.45, 7) is 4.56. The lowest BCUT2D eigenvalue weighted by molar-refractivity contribution is -1.02. The Morgan fingerprint density at radius 1 is 1.00 bits per heavy atom. The largest absolute Gasteiger partial charge is 0.454 e. The summed E-state index contributed by atoms with van der Waals surface area (Å²) in [6.07, 6.45) is 0.139. The van der Waals surface area contributed by atoms with Crippen LogP contribution in [0.3, 0.4) is 0 Å². The zero-order valence-corrected chi connectivity index (χ0v) is 16.5. The van der Waals surface area contributed by atoms with E-state index in [2.05, 4.69) is 6.07 Å². The molecule has 5 rings (SSSR count). The van der Waals surface area contributed by atoms with Crippen molar-refractivity contribution in [1.82, 2.24) is 0 Å². The minimum absolute atomic E-state index is 0.0569. The Labute approximate surface area is 173 Å². The molecule has 0 aromatic heterocycles. The molecule has 0 saturated carbocycles. The maximum absolute atomic E-state index is 14.1. The number of carbonyl (C=O) groups excluding carboxylic acids is 2. The lowest BCUT2D eigenvalue weighted by Crippen LogP contribution is -3.29. The molecule has 2 aromatic carbocycles. The number of benzene rings is 2. The Bertz CT molecular complexity index is 990. The summed E-state index contributed by atoms with van der Waals surface area (Å²) < 4.78 is 24.9. The fraction of sp³-hybridized carbons (Fsp3) is 0.364. The summed E-state index contributed by atoms with van der Waals surface area (Å²) in [6, 6.07) is 11.5. The number of rotatable bonds is 4. The van der Waals surface area contributed by atoms with E-state index in [1.807, 2.05) is 12.1 Å². The summed E-state index contributed by atoms with van der Waals surface area (Å²) >= 11 is 0. The molecule has 0 spiro atoms. The van der Waals surface area contributed by atoms with Gasteiger partial charge in [0.25, 0.3) is 5.91 Å². The first-order valence-corrected chi connectivity index (χ1v) is 10.3. The quantitative estimate of drug-likeness (QED) is 0.643. The third-order valence-corrected chi connectivity index (χ3v) is 6.22. The number of fused-ring (bicyclic) bond motifs is 1. The lowest BCUT2D eigenvalue weighted by atomic mass is 10.1. The summed E-state index contributed by atoms with van der Waals surface area (Å²) in [5.41, 5.74) is 1.25. The molecule has 3 aliphatic heterocycles. The van der Waals surface area contributed by atoms with Crippen LogP contribution in [-0.4, -0.2) is 50.8 Å². The third kappa shape index (κ3) is 3.42. The third-order valence-electron chi connectivity index (χ3n) is 6.22. The number of para-hydroxylation sites is 1. The molecule has 2 amide bonds. The Morgan fingerprint density at radius 3 is 2.57 bits per heavy atom. The van der Waals surface area contributed by atoms with E-state index < -0.39 is 11.9 Å². The Hall–Kier alpha value is -2.97. The SMILES string of the molecule is O=C1C[C@H]([NH+]2CC[NH+](Cc3ccc4c(c3)OCO4)CC2)C(=O)N1c1ccccc1F. The van der Waals surface area contributed by atoms with Crippen molar-refractivity contribution in [3.05, 3.63) is 53.8 Å². The van der Waals surface area contributed by atoms with E-state index in [4.69, 9.17) is 9.47 Å². The van der Waals surface area contributed by atoms with E-state index in [0.717, 1.165) is 54.0 Å². The molecule has 3 aliphatic rings. The number of imide groups is 1. The summed E-state index contributed by atoms with van der Waals surface area (Å²) in [5, 5.41) is 0. The van der Waals surface area contributed by atoms with Gasteiger partial charge in [0, 0.05) is 5.56 Å². The van der Waals surface area contributed by atoms with E-state index in [0.29, 0.717) is 0 Å². The number of anilines is 1. The van der Waals surface area contributed by atoms with Crippen LogP contribution >= 0.6 is 0 Å². The second-order valence-electron chi connectivity index (χ2n) is 8.05. The summed E-state index contributed by atoms with van der Waals surface area (Å²) in [5.74, 6) is 0.413. The van der Waals surface area contributed by atoms with Crippen LogP contribution in [0.15, 0.2) is 42.5 Å². The molecular formula is C22H24FN3O4+2. The number of amides is 2. The van der Waals surface area contributed by atoms with E-state index in [9.17, 15) is 14.0 Å². The van der Waals surface area contributed by atoms with Gasteiger partial charge in [-0.2, -0.15) is 0 Å². The standard InChI is InChI=1S/C22H22FN3O4/c23-16-3-1-2-4-17(16)26-21(27)12-18(22(26)28)25-9-7-24(8-10-25)13-15-5-6-19-20(11-15)30-14-29-19/h1-6,11,18H,7-10,12-14H2/p+2/t18-/m0/s1. The first kappa shape index (κ1) is 19.0. The minimum Gasteiger partial charge on any atom is -0.454 e. The number of hydrogen-bond donors (Lipinski definition) is 2. The van der Waals surface area contributed by atoms with Gasteiger partial charge in [-0.05, 0) is 30.3 Å². The van der Waals surface area contributed by atoms with Crippen molar-refractivity contribution in [2.75, 3.05) is 37.9 Å². The van der Waals surface area contributed by atoms with Gasteiger partial charge >= 0.3 is 0 Å². The van der Waals surface area contributed by atoms with Crippen molar-refractivity contribution in [2.24, 2.45) is 0 Å². The van der Waals surface area contributed by atoms with Crippen molar-refractivity contribution < 1.29 is 33.3 Å². The van der Waals surface area contributed by atoms with Gasteiger partial charge in [0.1, 0.15) is 38.5 Å². The predicted molar refractivity (Wildman–Crippen MR) is 105 cm³/mol. The van der Waals surface area contributed by atoms with Gasteiger partial charge < -0.3 is 19.3 Å². The van der Waals surface area contributed by atoms with Gasteiger partial charge in [0.15, 0.2) is 17.5 Å². The van der Waals surface area contributed by atoms with Crippen LogP contribution in [-0.2, 0) is 16.1 Å². The molecule has 156 valence electrons. The summed E-state index contributed by atoms with van der Waals surface area (Å²) in [4.78, 5) is 29.0. The zero-order chi connectivity index (χ0) is 20.7. The van der Waals surface area contributed by atoms with Crippen LogP contribution in [0.5, 0.6) is 11.5 Å². The Morgan fingerprint density at radius 2 is 1.77 bits per heavy atom. The maximum Gasteiger partial charge on any atom is 0.292 e. The molecule has 2 aromatic rings. The normalized spacial score (nSPS) is 25.8.